The maximum atomic E-state index is 11.9. The third-order valence-electron chi connectivity index (χ3n) is 3.77. The highest BCUT2D eigenvalue weighted by molar-refractivity contribution is 5.59. The van der Waals surface area contributed by atoms with Crippen LogP contribution in [0.2, 0.25) is 0 Å². The van der Waals surface area contributed by atoms with Crippen molar-refractivity contribution >= 4 is 6.21 Å². The Balaban J connectivity index is 1.78. The number of pyridine rings is 1. The van der Waals surface area contributed by atoms with Crippen LogP contribution in [0.5, 0.6) is 5.88 Å². The molecular formula is C15H16N4O5. The van der Waals surface area contributed by atoms with E-state index in [0.29, 0.717) is 5.88 Å². The Kier molecular flexibility index (Phi) is 4.54. The first-order valence-electron chi connectivity index (χ1n) is 7.29. The van der Waals surface area contributed by atoms with Crippen molar-refractivity contribution < 1.29 is 14.6 Å². The van der Waals surface area contributed by atoms with Crippen LogP contribution in [-0.2, 0) is 4.74 Å². The Bertz CT molecular complexity index is 818. The van der Waals surface area contributed by atoms with Gasteiger partial charge in [-0.3, -0.25) is 14.3 Å². The molecule has 0 radical (unpaired) electrons. The number of nitrogens with one attached hydrogen (secondary N) is 2. The molecule has 0 aliphatic carbocycles. The van der Waals surface area contributed by atoms with Crippen molar-refractivity contribution in [2.24, 2.45) is 5.92 Å². The zero-order chi connectivity index (χ0) is 17.1. The number of rotatable bonds is 5. The molecule has 3 heterocycles. The summed E-state index contributed by atoms with van der Waals surface area (Å²) < 4.78 is 12.3. The average Bonchev–Trinajstić information content (AvgIpc) is 2.89. The van der Waals surface area contributed by atoms with Crippen LogP contribution in [0.15, 0.2) is 46.2 Å². The van der Waals surface area contributed by atoms with Crippen molar-refractivity contribution in [1.82, 2.24) is 14.5 Å². The summed E-state index contributed by atoms with van der Waals surface area (Å²) in [7, 11) is 0. The molecule has 0 unspecified atom stereocenters. The van der Waals surface area contributed by atoms with Crippen LogP contribution in [0.4, 0.5) is 0 Å². The van der Waals surface area contributed by atoms with Crippen molar-refractivity contribution in [2.45, 2.75) is 18.4 Å². The summed E-state index contributed by atoms with van der Waals surface area (Å²) in [6.45, 7) is 0.0110. The lowest BCUT2D eigenvalue weighted by Crippen LogP contribution is -2.35. The van der Waals surface area contributed by atoms with E-state index in [0.717, 1.165) is 10.8 Å². The molecule has 126 valence electrons. The summed E-state index contributed by atoms with van der Waals surface area (Å²) in [5.41, 5.74) is -1.20. The van der Waals surface area contributed by atoms with Crippen molar-refractivity contribution in [2.75, 3.05) is 6.61 Å². The lowest BCUT2D eigenvalue weighted by Gasteiger charge is -2.17. The summed E-state index contributed by atoms with van der Waals surface area (Å²) in [5, 5.41) is 17.8. The quantitative estimate of drug-likeness (QED) is 0.635. The van der Waals surface area contributed by atoms with Gasteiger partial charge in [-0.25, -0.2) is 9.78 Å². The summed E-state index contributed by atoms with van der Waals surface area (Å²) in [6.07, 6.45) is 1.19. The highest BCUT2D eigenvalue weighted by Crippen LogP contribution is 2.32. The molecule has 3 rings (SSSR count). The number of aromatic nitrogens is 3. The molecule has 9 heteroatoms. The van der Waals surface area contributed by atoms with Crippen LogP contribution < -0.4 is 16.0 Å². The van der Waals surface area contributed by atoms with Gasteiger partial charge in [0.05, 0.1) is 12.0 Å². The molecule has 1 saturated heterocycles. The predicted molar refractivity (Wildman–Crippen MR) is 83.2 cm³/mol. The summed E-state index contributed by atoms with van der Waals surface area (Å²) in [6, 6.07) is 6.35. The molecule has 0 aromatic carbocycles. The lowest BCUT2D eigenvalue weighted by atomic mass is 10.0. The van der Waals surface area contributed by atoms with Gasteiger partial charge in [0.15, 0.2) is 0 Å². The van der Waals surface area contributed by atoms with E-state index in [-0.39, 0.29) is 6.61 Å². The topological polar surface area (TPSA) is 130 Å². The number of ether oxygens (including phenoxy) is 2. The third kappa shape index (κ3) is 3.12. The smallest absolute Gasteiger partial charge is 0.330 e. The zero-order valence-corrected chi connectivity index (χ0v) is 12.5. The van der Waals surface area contributed by atoms with Crippen molar-refractivity contribution in [3.05, 3.63) is 57.5 Å². The van der Waals surface area contributed by atoms with Crippen molar-refractivity contribution in [1.29, 1.82) is 5.41 Å². The molecule has 24 heavy (non-hydrogen) atoms. The molecule has 9 nitrogen and oxygen atoms in total. The first-order valence-corrected chi connectivity index (χ1v) is 7.29. The van der Waals surface area contributed by atoms with E-state index in [9.17, 15) is 14.7 Å². The monoisotopic (exact) mass is 332 g/mol. The van der Waals surface area contributed by atoms with Crippen LogP contribution in [-0.4, -0.2) is 44.7 Å². The maximum Gasteiger partial charge on any atom is 0.330 e. The highest BCUT2D eigenvalue weighted by atomic mass is 16.6. The number of H-pyrrole nitrogens is 1. The van der Waals surface area contributed by atoms with Crippen LogP contribution >= 0.6 is 0 Å². The van der Waals surface area contributed by atoms with E-state index in [2.05, 4.69) is 9.97 Å². The number of nitrogens with zero attached hydrogens (tertiary/aromatic N) is 2. The van der Waals surface area contributed by atoms with Gasteiger partial charge in [-0.1, -0.05) is 6.07 Å². The summed E-state index contributed by atoms with van der Waals surface area (Å²) >= 11 is 0. The molecule has 0 amide bonds. The van der Waals surface area contributed by atoms with E-state index in [1.807, 2.05) is 0 Å². The minimum atomic E-state index is -1.03. The molecule has 1 aliphatic rings. The number of aromatic amines is 1. The Labute approximate surface area is 136 Å². The second-order valence-electron chi connectivity index (χ2n) is 5.30. The average molecular weight is 332 g/mol. The Hall–Kier alpha value is -2.78. The predicted octanol–water partition coefficient (Wildman–Crippen LogP) is -0.465. The molecule has 1 fully saturated rings. The van der Waals surface area contributed by atoms with Gasteiger partial charge in [-0.05, 0) is 6.07 Å². The first kappa shape index (κ1) is 16.1. The number of hydrogen-bond acceptors (Lipinski definition) is 7. The van der Waals surface area contributed by atoms with Gasteiger partial charge in [0, 0.05) is 30.7 Å². The number of aliphatic hydroxyl groups excluding tert-OH is 1. The van der Waals surface area contributed by atoms with Gasteiger partial charge in [-0.15, -0.1) is 0 Å². The second kappa shape index (κ2) is 6.77. The standard InChI is InChI=1S/C15H16N4O5/c16-7-9-13(21)10(8-23-12-3-1-2-5-17-12)24-14(9)19-6-4-11(20)18-15(19)22/h1-7,9-10,13-14,16,21H,8H2,(H,18,20,22)/t9-,10-,13+,14-/m1/s1. The van der Waals surface area contributed by atoms with E-state index >= 15 is 0 Å². The highest BCUT2D eigenvalue weighted by Gasteiger charge is 2.44. The van der Waals surface area contributed by atoms with E-state index < -0.39 is 35.6 Å². The zero-order valence-electron chi connectivity index (χ0n) is 12.5. The van der Waals surface area contributed by atoms with E-state index in [1.54, 1.807) is 24.4 Å². The summed E-state index contributed by atoms with van der Waals surface area (Å²) in [5.74, 6) is -0.365. The molecule has 1 aliphatic heterocycles. The molecule has 3 N–H and O–H groups in total. The van der Waals surface area contributed by atoms with Gasteiger partial charge in [0.2, 0.25) is 5.88 Å². The Morgan fingerprint density at radius 2 is 2.25 bits per heavy atom. The molecule has 4 atom stereocenters. The molecule has 0 spiro atoms. The van der Waals surface area contributed by atoms with Crippen LogP contribution in [0.25, 0.3) is 0 Å². The molecule has 2 aromatic rings. The van der Waals surface area contributed by atoms with E-state index in [1.165, 1.54) is 12.3 Å². The van der Waals surface area contributed by atoms with Gasteiger partial charge in [0.25, 0.3) is 5.56 Å². The fraction of sp³-hybridized carbons (Fsp3) is 0.333. The SMILES string of the molecule is N=C[C@@H]1[C@H](O)[C@@H](COc2ccccn2)O[C@H]1n1ccc(=O)[nH]c1=O. The fourth-order valence-corrected chi connectivity index (χ4v) is 2.56. The third-order valence-corrected chi connectivity index (χ3v) is 3.77. The van der Waals surface area contributed by atoms with Gasteiger partial charge >= 0.3 is 5.69 Å². The molecule has 2 aromatic heterocycles. The Morgan fingerprint density at radius 1 is 1.42 bits per heavy atom. The van der Waals surface area contributed by atoms with Crippen LogP contribution in [0, 0.1) is 11.3 Å². The largest absolute Gasteiger partial charge is 0.475 e. The second-order valence-corrected chi connectivity index (χ2v) is 5.30. The first-order chi connectivity index (χ1) is 11.6. The van der Waals surface area contributed by atoms with Crippen LogP contribution in [0.3, 0.4) is 0 Å². The number of hydrogen-bond donors (Lipinski definition) is 3. The van der Waals surface area contributed by atoms with Crippen LogP contribution in [0.1, 0.15) is 6.23 Å². The van der Waals surface area contributed by atoms with Gasteiger partial charge in [0.1, 0.15) is 18.9 Å². The molecule has 0 saturated carbocycles. The van der Waals surface area contributed by atoms with Crippen molar-refractivity contribution in [3.8, 4) is 5.88 Å². The van der Waals surface area contributed by atoms with E-state index in [4.69, 9.17) is 14.9 Å². The minimum Gasteiger partial charge on any atom is -0.475 e. The molecular weight excluding hydrogens is 316 g/mol. The summed E-state index contributed by atoms with van der Waals surface area (Å²) in [4.78, 5) is 29.2. The van der Waals surface area contributed by atoms with Gasteiger partial charge < -0.3 is 20.0 Å². The maximum absolute atomic E-state index is 11.9. The Morgan fingerprint density at radius 3 is 2.92 bits per heavy atom. The number of aliphatic hydroxyl groups is 1. The van der Waals surface area contributed by atoms with Gasteiger partial charge in [-0.2, -0.15) is 0 Å². The fourth-order valence-electron chi connectivity index (χ4n) is 2.56. The molecule has 0 bridgehead atoms. The van der Waals surface area contributed by atoms with Crippen molar-refractivity contribution in [3.63, 3.8) is 0 Å². The minimum absolute atomic E-state index is 0.0110. The normalized spacial score (nSPS) is 26.2. The lowest BCUT2D eigenvalue weighted by molar-refractivity contribution is -0.0425.